The van der Waals surface area contributed by atoms with Gasteiger partial charge in [-0.25, -0.2) is 4.39 Å². The van der Waals surface area contributed by atoms with Gasteiger partial charge in [-0.15, -0.1) is 0 Å². The van der Waals surface area contributed by atoms with Gasteiger partial charge in [0.1, 0.15) is 41.9 Å². The summed E-state index contributed by atoms with van der Waals surface area (Å²) in [5, 5.41) is 18.5. The van der Waals surface area contributed by atoms with Crippen LogP contribution in [0.1, 0.15) is 85.6 Å². The maximum absolute atomic E-state index is 14.5. The third-order valence-electron chi connectivity index (χ3n) is 11.6. The van der Waals surface area contributed by atoms with E-state index in [0.29, 0.717) is 17.0 Å². The van der Waals surface area contributed by atoms with Crippen molar-refractivity contribution in [2.45, 2.75) is 140 Å². The predicted molar refractivity (Wildman–Crippen MR) is 222 cm³/mol. The molecule has 3 rings (SSSR count). The van der Waals surface area contributed by atoms with Gasteiger partial charge < -0.3 is 40.7 Å². The molecule has 8 atom stereocenters. The van der Waals surface area contributed by atoms with Crippen LogP contribution in [0.5, 0.6) is 0 Å². The number of likely N-dealkylation sites (N-methyl/N-ethyl adjacent to an activating group) is 3. The molecule has 62 heavy (non-hydrogen) atoms. The number of hydrogen-bond acceptors (Lipinski definition) is 8. The first-order chi connectivity index (χ1) is 28.6. The van der Waals surface area contributed by atoms with Crippen LogP contribution in [0.4, 0.5) is 17.6 Å². The molecule has 2 aliphatic rings. The highest BCUT2D eigenvalue weighted by atomic mass is 35.5. The lowest BCUT2D eigenvalue weighted by Gasteiger charge is -2.37. The highest BCUT2D eigenvalue weighted by Gasteiger charge is 2.59. The Morgan fingerprint density at radius 2 is 1.69 bits per heavy atom. The summed E-state index contributed by atoms with van der Waals surface area (Å²) in [7, 11) is 4.22. The van der Waals surface area contributed by atoms with Crippen LogP contribution in [0.2, 0.25) is 10.0 Å². The lowest BCUT2D eigenvalue weighted by atomic mass is 9.94. The van der Waals surface area contributed by atoms with Gasteiger partial charge in [-0.3, -0.25) is 33.6 Å². The zero-order valence-corrected chi connectivity index (χ0v) is 38.0. The Balaban J connectivity index is 1.99. The minimum Gasteiger partial charge on any atom is -0.373 e. The summed E-state index contributed by atoms with van der Waals surface area (Å²) >= 11 is 12.8. The quantitative estimate of drug-likeness (QED) is 0.257. The van der Waals surface area contributed by atoms with Crippen molar-refractivity contribution in [1.82, 2.24) is 35.6 Å². The molecule has 1 aromatic carbocycles. The molecular formula is C41H59Cl2F4N7O8. The van der Waals surface area contributed by atoms with Crippen molar-refractivity contribution >= 4 is 64.6 Å². The number of carbonyl (C=O) groups is 7. The van der Waals surface area contributed by atoms with Crippen molar-refractivity contribution in [3.05, 3.63) is 33.8 Å². The highest BCUT2D eigenvalue weighted by molar-refractivity contribution is 6.33. The minimum atomic E-state index is -5.44. The Bertz CT molecular complexity index is 1860. The molecule has 1 aromatic rings. The zero-order valence-electron chi connectivity index (χ0n) is 36.5. The lowest BCUT2D eigenvalue weighted by Crippen LogP contribution is -2.63. The average Bonchev–Trinajstić information content (AvgIpc) is 3.59. The van der Waals surface area contributed by atoms with Gasteiger partial charge in [0.2, 0.25) is 41.0 Å². The van der Waals surface area contributed by atoms with Gasteiger partial charge in [0.25, 0.3) is 5.91 Å². The monoisotopic (exact) mass is 923 g/mol. The fourth-order valence-electron chi connectivity index (χ4n) is 7.52. The van der Waals surface area contributed by atoms with Crippen LogP contribution < -0.4 is 16.0 Å². The molecule has 0 aromatic heterocycles. The van der Waals surface area contributed by atoms with E-state index in [4.69, 9.17) is 23.2 Å². The Labute approximate surface area is 369 Å². The van der Waals surface area contributed by atoms with E-state index in [1.807, 2.05) is 13.8 Å². The molecule has 15 nitrogen and oxygen atoms in total. The number of amides is 7. The van der Waals surface area contributed by atoms with E-state index >= 15 is 0 Å². The fourth-order valence-corrected chi connectivity index (χ4v) is 7.91. The van der Waals surface area contributed by atoms with E-state index in [0.717, 1.165) is 4.90 Å². The Morgan fingerprint density at radius 3 is 2.27 bits per heavy atom. The van der Waals surface area contributed by atoms with Gasteiger partial charge in [-0.1, -0.05) is 44.0 Å². The molecule has 4 N–H and O–H groups in total. The van der Waals surface area contributed by atoms with E-state index in [1.165, 1.54) is 30.8 Å². The molecule has 2 saturated heterocycles. The number of rotatable bonds is 10. The van der Waals surface area contributed by atoms with Gasteiger partial charge in [0.05, 0.1) is 6.54 Å². The standard InChI is InChI=1S/C41H59Cl2F4N7O8/c1-10-39(5)37(60)51(7)16-12-11-13-29(52(8)35(58)23(4)48-33(56)31-20-26(44)21-54(31)38(61)40(6,62)41(45,46)47)32(55)49-28(17-22(2)3)36(59)53(9)30(34(57)50-39)19-24-18-25(42)14-15-27(24)43/h14-15,18,22-23,26,28-31,62H,10-13,16-17,19-21H2,1-9H3,(H,48,56)(H,49,55)(H,50,57)/t23-,26+,28-,29-,30-,31-,39+,40+/m0/s1. The van der Waals surface area contributed by atoms with Crippen LogP contribution in [-0.4, -0.2) is 154 Å². The number of aliphatic hydroxyl groups is 1. The number of nitrogens with zero attached hydrogens (tertiary/aromatic N) is 4. The smallest absolute Gasteiger partial charge is 0.373 e. The van der Waals surface area contributed by atoms with Crippen molar-refractivity contribution in [2.24, 2.45) is 5.92 Å². The molecule has 0 unspecified atom stereocenters. The van der Waals surface area contributed by atoms with Gasteiger partial charge in [-0.2, -0.15) is 13.2 Å². The summed E-state index contributed by atoms with van der Waals surface area (Å²) in [4.78, 5) is 101. The number of alkyl halides is 4. The van der Waals surface area contributed by atoms with Crippen molar-refractivity contribution in [3.8, 4) is 0 Å². The Kier molecular flexibility index (Phi) is 17.6. The first kappa shape index (κ1) is 52.1. The number of nitrogens with one attached hydrogen (secondary N) is 3. The van der Waals surface area contributed by atoms with Crippen LogP contribution in [0.15, 0.2) is 18.2 Å². The molecule has 0 bridgehead atoms. The number of carbonyl (C=O) groups excluding carboxylic acids is 7. The topological polar surface area (TPSA) is 189 Å². The van der Waals surface area contributed by atoms with Crippen LogP contribution in [0.25, 0.3) is 0 Å². The van der Waals surface area contributed by atoms with Crippen LogP contribution in [0.3, 0.4) is 0 Å². The van der Waals surface area contributed by atoms with Gasteiger partial charge in [-0.05, 0) is 82.6 Å². The second-order valence-corrected chi connectivity index (χ2v) is 17.9. The largest absolute Gasteiger partial charge is 0.426 e. The summed E-state index contributed by atoms with van der Waals surface area (Å²) in [6, 6.07) is -2.37. The Morgan fingerprint density at radius 1 is 1.06 bits per heavy atom. The maximum Gasteiger partial charge on any atom is 0.426 e. The molecule has 0 spiro atoms. The molecule has 2 fully saturated rings. The Hall–Kier alpha value is -4.23. The molecule has 7 amide bonds. The first-order valence-corrected chi connectivity index (χ1v) is 21.2. The normalized spacial score (nSPS) is 26.5. The molecular weight excluding hydrogens is 865 g/mol. The summed E-state index contributed by atoms with van der Waals surface area (Å²) < 4.78 is 55.0. The van der Waals surface area contributed by atoms with E-state index in [9.17, 15) is 56.2 Å². The summed E-state index contributed by atoms with van der Waals surface area (Å²) in [5.74, 6) is -6.64. The first-order valence-electron chi connectivity index (χ1n) is 20.5. The molecule has 2 heterocycles. The molecule has 21 heteroatoms. The molecule has 0 radical (unpaired) electrons. The molecule has 0 aliphatic carbocycles. The van der Waals surface area contributed by atoms with E-state index in [1.54, 1.807) is 39.1 Å². The highest BCUT2D eigenvalue weighted by Crippen LogP contribution is 2.34. The fraction of sp³-hybridized carbons (Fsp3) is 0.683. The maximum atomic E-state index is 14.5. The predicted octanol–water partition coefficient (Wildman–Crippen LogP) is 3.41. The molecule has 348 valence electrons. The van der Waals surface area contributed by atoms with Gasteiger partial charge >= 0.3 is 6.18 Å². The van der Waals surface area contributed by atoms with Gasteiger partial charge in [0.15, 0.2) is 0 Å². The van der Waals surface area contributed by atoms with E-state index in [2.05, 4.69) is 16.0 Å². The SMILES string of the molecule is CC[C@@]1(C)NC(=O)[C@H](Cc2cc(Cl)ccc2Cl)N(C)C(=O)[C@H](CC(C)C)NC(=O)[C@@H](N(C)C(=O)[C@H](C)NC(=O)[C@@H]2C[C@@H](F)CN2C(=O)[C@@](C)(O)C(F)(F)F)CCCCN(C)C1=O. The van der Waals surface area contributed by atoms with Crippen LogP contribution in [-0.2, 0) is 40.0 Å². The van der Waals surface area contributed by atoms with Crippen molar-refractivity contribution < 1.29 is 56.2 Å². The number of benzene rings is 1. The minimum absolute atomic E-state index is 0.00777. The van der Waals surface area contributed by atoms with E-state index in [-0.39, 0.29) is 61.4 Å². The molecule has 0 saturated carbocycles. The van der Waals surface area contributed by atoms with E-state index < -0.39 is 108 Å². The van der Waals surface area contributed by atoms with Crippen molar-refractivity contribution in [2.75, 3.05) is 34.2 Å². The molecule has 2 aliphatic heterocycles. The van der Waals surface area contributed by atoms with Crippen LogP contribution in [0, 0.1) is 5.92 Å². The zero-order chi connectivity index (χ0) is 47.2. The third kappa shape index (κ3) is 12.3. The number of halogens is 6. The van der Waals surface area contributed by atoms with Crippen molar-refractivity contribution in [3.63, 3.8) is 0 Å². The summed E-state index contributed by atoms with van der Waals surface area (Å²) in [5.41, 5.74) is -4.88. The number of likely N-dealkylation sites (tertiary alicyclic amines) is 1. The summed E-state index contributed by atoms with van der Waals surface area (Å²) in [6.45, 7) is 7.65. The summed E-state index contributed by atoms with van der Waals surface area (Å²) in [6.07, 6.45) is -7.26. The van der Waals surface area contributed by atoms with Crippen molar-refractivity contribution in [1.29, 1.82) is 0 Å². The number of hydrogen-bond donors (Lipinski definition) is 4. The van der Waals surface area contributed by atoms with Gasteiger partial charge in [0, 0.05) is 50.6 Å². The second kappa shape index (κ2) is 21.0. The lowest BCUT2D eigenvalue weighted by molar-refractivity contribution is -0.250. The second-order valence-electron chi connectivity index (χ2n) is 17.1. The van der Waals surface area contributed by atoms with Crippen LogP contribution >= 0.6 is 23.2 Å². The third-order valence-corrected chi connectivity index (χ3v) is 12.2. The average molecular weight is 925 g/mol.